The molecule has 2 fully saturated rings. The van der Waals surface area contributed by atoms with Crippen molar-refractivity contribution in [2.24, 2.45) is 5.73 Å². The standard InChI is InChI=1S/C28H42N4O5/c1-17-11-14-21(18(2)15-17)24(25(34)30-19-9-7-6-8-10-19)32(20-12-13-20)26(35)22(16-23(29)33)31-27(36)37-28(3,4)5/h11,14-15,19-20,22,24H,6-10,12-13,16H2,1-5H3,(H2,29,33)(H,30,34)(H,31,36). The number of primary amides is 1. The van der Waals surface area contributed by atoms with Gasteiger partial charge in [0, 0.05) is 12.1 Å². The Morgan fingerprint density at radius 1 is 1.05 bits per heavy atom. The van der Waals surface area contributed by atoms with Crippen molar-refractivity contribution < 1.29 is 23.9 Å². The number of hydrogen-bond acceptors (Lipinski definition) is 5. The highest BCUT2D eigenvalue weighted by Crippen LogP contribution is 2.37. The third-order valence-electron chi connectivity index (χ3n) is 6.79. The summed E-state index contributed by atoms with van der Waals surface area (Å²) in [5, 5.41) is 5.73. The normalized spacial score (nSPS) is 17.9. The summed E-state index contributed by atoms with van der Waals surface area (Å²) in [7, 11) is 0. The summed E-state index contributed by atoms with van der Waals surface area (Å²) in [5.74, 6) is -1.50. The highest BCUT2D eigenvalue weighted by molar-refractivity contribution is 5.95. The smallest absolute Gasteiger partial charge is 0.408 e. The van der Waals surface area contributed by atoms with E-state index in [9.17, 15) is 19.2 Å². The average Bonchev–Trinajstić information content (AvgIpc) is 3.61. The van der Waals surface area contributed by atoms with Crippen molar-refractivity contribution in [3.05, 3.63) is 34.9 Å². The number of carbonyl (C=O) groups is 4. The summed E-state index contributed by atoms with van der Waals surface area (Å²) < 4.78 is 5.33. The summed E-state index contributed by atoms with van der Waals surface area (Å²) in [6.45, 7) is 9.03. The second-order valence-corrected chi connectivity index (χ2v) is 11.5. The van der Waals surface area contributed by atoms with Gasteiger partial charge in [0.15, 0.2) is 0 Å². The van der Waals surface area contributed by atoms with Crippen molar-refractivity contribution in [3.63, 3.8) is 0 Å². The number of nitrogens with one attached hydrogen (secondary N) is 2. The number of nitrogens with zero attached hydrogens (tertiary/aromatic N) is 1. The van der Waals surface area contributed by atoms with E-state index in [1.54, 1.807) is 25.7 Å². The fraction of sp³-hybridized carbons (Fsp3) is 0.643. The molecule has 2 aliphatic rings. The Morgan fingerprint density at radius 2 is 1.70 bits per heavy atom. The molecule has 9 nitrogen and oxygen atoms in total. The Labute approximate surface area is 219 Å². The van der Waals surface area contributed by atoms with Crippen molar-refractivity contribution in [2.75, 3.05) is 0 Å². The molecule has 0 saturated heterocycles. The van der Waals surface area contributed by atoms with Gasteiger partial charge in [0.2, 0.25) is 17.7 Å². The summed E-state index contributed by atoms with van der Waals surface area (Å²) in [6, 6.07) is 3.56. The molecule has 1 aromatic rings. The van der Waals surface area contributed by atoms with Crippen molar-refractivity contribution in [1.82, 2.24) is 15.5 Å². The molecule has 2 aliphatic carbocycles. The molecule has 0 heterocycles. The van der Waals surface area contributed by atoms with E-state index in [4.69, 9.17) is 10.5 Å². The van der Waals surface area contributed by atoms with Gasteiger partial charge in [-0.2, -0.15) is 0 Å². The van der Waals surface area contributed by atoms with E-state index in [1.807, 2.05) is 32.0 Å². The predicted octanol–water partition coefficient (Wildman–Crippen LogP) is 3.55. The van der Waals surface area contributed by atoms with Gasteiger partial charge in [-0.3, -0.25) is 14.4 Å². The third-order valence-corrected chi connectivity index (χ3v) is 6.79. The molecule has 0 aromatic heterocycles. The average molecular weight is 515 g/mol. The quantitative estimate of drug-likeness (QED) is 0.464. The largest absolute Gasteiger partial charge is 0.444 e. The molecule has 0 spiro atoms. The minimum absolute atomic E-state index is 0.0620. The van der Waals surface area contributed by atoms with Gasteiger partial charge in [-0.05, 0) is 71.4 Å². The van der Waals surface area contributed by atoms with Crippen molar-refractivity contribution in [3.8, 4) is 0 Å². The first-order valence-electron chi connectivity index (χ1n) is 13.3. The second kappa shape index (κ2) is 12.0. The summed E-state index contributed by atoms with van der Waals surface area (Å²) in [4.78, 5) is 53.9. The molecule has 1 aromatic carbocycles. The molecule has 37 heavy (non-hydrogen) atoms. The van der Waals surface area contributed by atoms with Gasteiger partial charge in [0.1, 0.15) is 17.7 Å². The molecule has 204 valence electrons. The lowest BCUT2D eigenvalue weighted by Crippen LogP contribution is -2.55. The zero-order valence-corrected chi connectivity index (χ0v) is 22.8. The third kappa shape index (κ3) is 8.20. The Kier molecular flexibility index (Phi) is 9.21. The topological polar surface area (TPSA) is 131 Å². The number of hydrogen-bond donors (Lipinski definition) is 3. The number of ether oxygens (including phenoxy) is 1. The van der Waals surface area contributed by atoms with Crippen LogP contribution in [-0.4, -0.2) is 52.4 Å². The van der Waals surface area contributed by atoms with E-state index in [0.717, 1.165) is 61.6 Å². The first-order valence-corrected chi connectivity index (χ1v) is 13.3. The van der Waals surface area contributed by atoms with Gasteiger partial charge in [-0.1, -0.05) is 43.0 Å². The van der Waals surface area contributed by atoms with Crippen molar-refractivity contribution >= 4 is 23.8 Å². The van der Waals surface area contributed by atoms with Crippen LogP contribution in [0.5, 0.6) is 0 Å². The van der Waals surface area contributed by atoms with Gasteiger partial charge in [0.05, 0.1) is 6.42 Å². The lowest BCUT2D eigenvalue weighted by atomic mass is 9.93. The minimum atomic E-state index is -1.25. The molecule has 2 saturated carbocycles. The molecular formula is C28H42N4O5. The highest BCUT2D eigenvalue weighted by atomic mass is 16.6. The van der Waals surface area contributed by atoms with Crippen LogP contribution in [0.1, 0.15) is 94.9 Å². The van der Waals surface area contributed by atoms with E-state index < -0.39 is 42.0 Å². The lowest BCUT2D eigenvalue weighted by Gasteiger charge is -2.36. The summed E-state index contributed by atoms with van der Waals surface area (Å²) in [6.07, 6.45) is 5.35. The van der Waals surface area contributed by atoms with Crippen molar-refractivity contribution in [1.29, 1.82) is 0 Å². The molecule has 4 amide bonds. The van der Waals surface area contributed by atoms with E-state index in [-0.39, 0.29) is 18.0 Å². The van der Waals surface area contributed by atoms with E-state index in [0.29, 0.717) is 0 Å². The molecule has 2 unspecified atom stereocenters. The van der Waals surface area contributed by atoms with E-state index in [1.165, 1.54) is 0 Å². The fourth-order valence-electron chi connectivity index (χ4n) is 4.98. The number of benzene rings is 1. The molecule has 0 aliphatic heterocycles. The van der Waals surface area contributed by atoms with Crippen LogP contribution in [0.4, 0.5) is 4.79 Å². The number of carbonyl (C=O) groups excluding carboxylic acids is 4. The van der Waals surface area contributed by atoms with Gasteiger partial charge in [0.25, 0.3) is 0 Å². The Balaban J connectivity index is 1.97. The Bertz CT molecular complexity index is 1010. The van der Waals surface area contributed by atoms with Gasteiger partial charge < -0.3 is 26.0 Å². The van der Waals surface area contributed by atoms with Gasteiger partial charge in [-0.15, -0.1) is 0 Å². The van der Waals surface area contributed by atoms with Crippen LogP contribution < -0.4 is 16.4 Å². The van der Waals surface area contributed by atoms with Crippen LogP contribution in [-0.2, 0) is 19.1 Å². The molecule has 4 N–H and O–H groups in total. The van der Waals surface area contributed by atoms with Gasteiger partial charge >= 0.3 is 6.09 Å². The predicted molar refractivity (Wildman–Crippen MR) is 141 cm³/mol. The monoisotopic (exact) mass is 514 g/mol. The van der Waals surface area contributed by atoms with Crippen LogP contribution >= 0.6 is 0 Å². The number of alkyl carbamates (subject to hydrolysis) is 1. The number of rotatable bonds is 9. The van der Waals surface area contributed by atoms with Crippen LogP contribution in [0.3, 0.4) is 0 Å². The van der Waals surface area contributed by atoms with Crippen molar-refractivity contribution in [2.45, 2.75) is 116 Å². The van der Waals surface area contributed by atoms with E-state index in [2.05, 4.69) is 10.6 Å². The van der Waals surface area contributed by atoms with Gasteiger partial charge in [-0.25, -0.2) is 4.79 Å². The van der Waals surface area contributed by atoms with E-state index >= 15 is 0 Å². The molecule has 9 heteroatoms. The Hall–Kier alpha value is -3.10. The highest BCUT2D eigenvalue weighted by Gasteiger charge is 2.45. The van der Waals surface area contributed by atoms with Crippen LogP contribution in [0.15, 0.2) is 18.2 Å². The lowest BCUT2D eigenvalue weighted by molar-refractivity contribution is -0.144. The first-order chi connectivity index (χ1) is 17.4. The van der Waals surface area contributed by atoms with Crippen LogP contribution in [0.25, 0.3) is 0 Å². The second-order valence-electron chi connectivity index (χ2n) is 11.5. The maximum atomic E-state index is 14.0. The zero-order chi connectivity index (χ0) is 27.3. The number of amides is 4. The maximum absolute atomic E-state index is 14.0. The molecule has 2 atom stereocenters. The number of nitrogens with two attached hydrogens (primary N) is 1. The van der Waals surface area contributed by atoms with Crippen LogP contribution in [0, 0.1) is 13.8 Å². The summed E-state index contributed by atoms with van der Waals surface area (Å²) >= 11 is 0. The number of aryl methyl sites for hydroxylation is 2. The molecular weight excluding hydrogens is 472 g/mol. The Morgan fingerprint density at radius 3 is 2.24 bits per heavy atom. The minimum Gasteiger partial charge on any atom is -0.444 e. The fourth-order valence-corrected chi connectivity index (χ4v) is 4.98. The molecule has 0 bridgehead atoms. The van der Waals surface area contributed by atoms with Crippen LogP contribution in [0.2, 0.25) is 0 Å². The maximum Gasteiger partial charge on any atom is 0.408 e. The molecule has 3 rings (SSSR count). The zero-order valence-electron chi connectivity index (χ0n) is 22.8. The summed E-state index contributed by atoms with van der Waals surface area (Å²) in [5.41, 5.74) is 7.35. The SMILES string of the molecule is Cc1ccc(C(C(=O)NC2CCCCC2)N(C(=O)C(CC(N)=O)NC(=O)OC(C)(C)C)C2CC2)c(C)c1. The molecule has 0 radical (unpaired) electrons. The first kappa shape index (κ1) is 28.5.